The highest BCUT2D eigenvalue weighted by Crippen LogP contribution is 2.28. The van der Waals surface area contributed by atoms with E-state index in [9.17, 15) is 5.11 Å². The Morgan fingerprint density at radius 3 is 2.56 bits per heavy atom. The van der Waals surface area contributed by atoms with Gasteiger partial charge in [0.15, 0.2) is 17.5 Å². The maximum absolute atomic E-state index is 9.28. The largest absolute Gasteiger partial charge is 0.493 e. The van der Waals surface area contributed by atoms with E-state index in [4.69, 9.17) is 9.47 Å². The Bertz CT molecular complexity index is 562. The van der Waals surface area contributed by atoms with Crippen molar-refractivity contribution in [1.82, 2.24) is 10.6 Å². The molecule has 1 aromatic rings. The minimum Gasteiger partial charge on any atom is -0.493 e. The van der Waals surface area contributed by atoms with Gasteiger partial charge in [0.05, 0.1) is 20.3 Å². The van der Waals surface area contributed by atoms with Gasteiger partial charge in [-0.2, -0.15) is 0 Å². The van der Waals surface area contributed by atoms with Crippen molar-refractivity contribution in [3.63, 3.8) is 0 Å². The molecule has 0 saturated heterocycles. The average Bonchev–Trinajstić information content (AvgIpc) is 2.64. The SMILES string of the molecule is CCNC(=NCc1ccc(OCC)c(OC)c1)NCC(CCO)CC(C)C. The van der Waals surface area contributed by atoms with Gasteiger partial charge in [0.1, 0.15) is 0 Å². The monoisotopic (exact) mass is 379 g/mol. The Morgan fingerprint density at radius 1 is 1.19 bits per heavy atom. The van der Waals surface area contributed by atoms with Crippen LogP contribution < -0.4 is 20.1 Å². The number of rotatable bonds is 12. The zero-order valence-corrected chi connectivity index (χ0v) is 17.5. The molecule has 0 fully saturated rings. The molecule has 1 rings (SSSR count). The summed E-state index contributed by atoms with van der Waals surface area (Å²) in [6, 6.07) is 5.90. The molecular weight excluding hydrogens is 342 g/mol. The summed E-state index contributed by atoms with van der Waals surface area (Å²) in [5, 5.41) is 16.0. The molecule has 27 heavy (non-hydrogen) atoms. The van der Waals surface area contributed by atoms with Crippen LogP contribution in [-0.4, -0.2) is 44.5 Å². The molecule has 1 aromatic carbocycles. The van der Waals surface area contributed by atoms with Crippen LogP contribution in [0.2, 0.25) is 0 Å². The molecule has 0 amide bonds. The number of aliphatic imine (C=N–C) groups is 1. The first-order chi connectivity index (χ1) is 13.0. The number of hydrogen-bond acceptors (Lipinski definition) is 4. The van der Waals surface area contributed by atoms with Crippen LogP contribution in [-0.2, 0) is 6.54 Å². The summed E-state index contributed by atoms with van der Waals surface area (Å²) in [6.45, 7) is 11.4. The number of guanidine groups is 1. The lowest BCUT2D eigenvalue weighted by Crippen LogP contribution is -2.40. The number of nitrogens with one attached hydrogen (secondary N) is 2. The Hall–Kier alpha value is -1.95. The lowest BCUT2D eigenvalue weighted by molar-refractivity contribution is 0.243. The van der Waals surface area contributed by atoms with Crippen molar-refractivity contribution < 1.29 is 14.6 Å². The summed E-state index contributed by atoms with van der Waals surface area (Å²) in [4.78, 5) is 4.68. The van der Waals surface area contributed by atoms with Crippen molar-refractivity contribution in [3.8, 4) is 11.5 Å². The fourth-order valence-electron chi connectivity index (χ4n) is 2.99. The summed E-state index contributed by atoms with van der Waals surface area (Å²) in [5.41, 5.74) is 1.06. The van der Waals surface area contributed by atoms with Crippen LogP contribution in [0.15, 0.2) is 23.2 Å². The highest BCUT2D eigenvalue weighted by molar-refractivity contribution is 5.79. The van der Waals surface area contributed by atoms with Gasteiger partial charge in [-0.05, 0) is 56.2 Å². The van der Waals surface area contributed by atoms with Crippen LogP contribution in [0, 0.1) is 11.8 Å². The molecule has 0 bridgehead atoms. The molecule has 0 aromatic heterocycles. The first-order valence-electron chi connectivity index (χ1n) is 9.96. The van der Waals surface area contributed by atoms with Gasteiger partial charge in [-0.3, -0.25) is 0 Å². The molecule has 0 aliphatic rings. The van der Waals surface area contributed by atoms with Crippen LogP contribution in [0.5, 0.6) is 11.5 Å². The molecule has 154 valence electrons. The van der Waals surface area contributed by atoms with Crippen molar-refractivity contribution in [3.05, 3.63) is 23.8 Å². The van der Waals surface area contributed by atoms with E-state index < -0.39 is 0 Å². The van der Waals surface area contributed by atoms with E-state index in [1.807, 2.05) is 25.1 Å². The zero-order chi connectivity index (χ0) is 20.1. The van der Waals surface area contributed by atoms with Crippen LogP contribution in [0.4, 0.5) is 0 Å². The third-order valence-corrected chi connectivity index (χ3v) is 4.19. The van der Waals surface area contributed by atoms with E-state index in [1.54, 1.807) is 7.11 Å². The van der Waals surface area contributed by atoms with Crippen molar-refractivity contribution >= 4 is 5.96 Å². The van der Waals surface area contributed by atoms with E-state index in [1.165, 1.54) is 0 Å². The number of benzene rings is 1. The minimum absolute atomic E-state index is 0.221. The Morgan fingerprint density at radius 2 is 1.96 bits per heavy atom. The van der Waals surface area contributed by atoms with Crippen LogP contribution >= 0.6 is 0 Å². The number of nitrogens with zero attached hydrogens (tertiary/aromatic N) is 1. The molecule has 1 atom stereocenters. The molecule has 0 heterocycles. The maximum atomic E-state index is 9.28. The molecule has 0 aliphatic heterocycles. The highest BCUT2D eigenvalue weighted by atomic mass is 16.5. The molecule has 6 nitrogen and oxygen atoms in total. The Labute approximate surface area is 164 Å². The number of hydrogen-bond donors (Lipinski definition) is 3. The second-order valence-corrected chi connectivity index (χ2v) is 7.00. The third-order valence-electron chi connectivity index (χ3n) is 4.19. The normalized spacial score (nSPS) is 12.8. The summed E-state index contributed by atoms with van der Waals surface area (Å²) in [5.74, 6) is 3.31. The third kappa shape index (κ3) is 9.00. The quantitative estimate of drug-likeness (QED) is 0.384. The number of aliphatic hydroxyl groups excluding tert-OH is 1. The van der Waals surface area contributed by atoms with E-state index in [-0.39, 0.29) is 6.61 Å². The lowest BCUT2D eigenvalue weighted by atomic mass is 9.94. The summed E-state index contributed by atoms with van der Waals surface area (Å²) < 4.78 is 11.0. The lowest BCUT2D eigenvalue weighted by Gasteiger charge is -2.20. The maximum Gasteiger partial charge on any atom is 0.191 e. The van der Waals surface area contributed by atoms with E-state index in [2.05, 4.69) is 36.4 Å². The van der Waals surface area contributed by atoms with Crippen molar-refractivity contribution in [2.75, 3.05) is 33.4 Å². The summed E-state index contributed by atoms with van der Waals surface area (Å²) >= 11 is 0. The first kappa shape index (κ1) is 23.1. The van der Waals surface area contributed by atoms with E-state index in [0.29, 0.717) is 25.0 Å². The smallest absolute Gasteiger partial charge is 0.191 e. The Balaban J connectivity index is 2.74. The van der Waals surface area contributed by atoms with Crippen molar-refractivity contribution in [2.24, 2.45) is 16.8 Å². The van der Waals surface area contributed by atoms with Gasteiger partial charge >= 0.3 is 0 Å². The van der Waals surface area contributed by atoms with E-state index >= 15 is 0 Å². The predicted molar refractivity (Wildman–Crippen MR) is 112 cm³/mol. The molecule has 0 spiro atoms. The predicted octanol–water partition coefficient (Wildman–Crippen LogP) is 3.19. The van der Waals surface area contributed by atoms with Gasteiger partial charge in [-0.1, -0.05) is 19.9 Å². The molecule has 3 N–H and O–H groups in total. The van der Waals surface area contributed by atoms with Crippen LogP contribution in [0.1, 0.15) is 46.1 Å². The molecule has 0 radical (unpaired) electrons. The van der Waals surface area contributed by atoms with Crippen LogP contribution in [0.25, 0.3) is 0 Å². The fourth-order valence-corrected chi connectivity index (χ4v) is 2.99. The number of aliphatic hydroxyl groups is 1. The molecule has 0 saturated carbocycles. The van der Waals surface area contributed by atoms with Gasteiger partial charge in [0, 0.05) is 19.7 Å². The van der Waals surface area contributed by atoms with Gasteiger partial charge in [-0.15, -0.1) is 0 Å². The highest BCUT2D eigenvalue weighted by Gasteiger charge is 2.11. The Kier molecular flexibility index (Phi) is 11.3. The molecule has 1 unspecified atom stereocenters. The number of methoxy groups -OCH3 is 1. The molecule has 0 aliphatic carbocycles. The molecular formula is C21H37N3O3. The van der Waals surface area contributed by atoms with E-state index in [0.717, 1.165) is 49.0 Å². The van der Waals surface area contributed by atoms with Crippen molar-refractivity contribution in [1.29, 1.82) is 0 Å². The first-order valence-corrected chi connectivity index (χ1v) is 9.96. The second kappa shape index (κ2) is 13.3. The fraction of sp³-hybridized carbons (Fsp3) is 0.667. The average molecular weight is 380 g/mol. The minimum atomic E-state index is 0.221. The number of ether oxygens (including phenoxy) is 2. The summed E-state index contributed by atoms with van der Waals surface area (Å²) in [6.07, 6.45) is 1.89. The van der Waals surface area contributed by atoms with Crippen molar-refractivity contribution in [2.45, 2.75) is 47.1 Å². The summed E-state index contributed by atoms with van der Waals surface area (Å²) in [7, 11) is 1.65. The standard InChI is InChI=1S/C21H37N3O3/c1-6-22-21(24-15-18(10-11-25)12-16(3)4)23-14-17-8-9-19(27-7-2)20(13-17)26-5/h8-9,13,16,18,25H,6-7,10-12,14-15H2,1-5H3,(H2,22,23,24). The second-order valence-electron chi connectivity index (χ2n) is 7.00. The van der Waals surface area contributed by atoms with Gasteiger partial charge < -0.3 is 25.2 Å². The van der Waals surface area contributed by atoms with Crippen LogP contribution in [0.3, 0.4) is 0 Å². The van der Waals surface area contributed by atoms with Gasteiger partial charge in [0.25, 0.3) is 0 Å². The zero-order valence-electron chi connectivity index (χ0n) is 17.5. The van der Waals surface area contributed by atoms with Gasteiger partial charge in [-0.25, -0.2) is 4.99 Å². The van der Waals surface area contributed by atoms with Gasteiger partial charge in [0.2, 0.25) is 0 Å². The molecule has 6 heteroatoms. The topological polar surface area (TPSA) is 75.1 Å².